The summed E-state index contributed by atoms with van der Waals surface area (Å²) in [5, 5.41) is 0. The highest BCUT2D eigenvalue weighted by Crippen LogP contribution is 2.27. The van der Waals surface area contributed by atoms with Gasteiger partial charge in [0.25, 0.3) is 10.0 Å². The van der Waals surface area contributed by atoms with Crippen molar-refractivity contribution >= 4 is 59.2 Å². The molecule has 2 aromatic rings. The number of anilines is 1. The second-order valence-electron chi connectivity index (χ2n) is 4.32. The van der Waals surface area contributed by atoms with Gasteiger partial charge in [-0.15, -0.1) is 11.6 Å². The van der Waals surface area contributed by atoms with Gasteiger partial charge in [0, 0.05) is 20.5 Å². The highest BCUT2D eigenvalue weighted by molar-refractivity contribution is 9.11. The molecule has 0 amide bonds. The van der Waals surface area contributed by atoms with E-state index in [9.17, 15) is 8.42 Å². The second-order valence-corrected chi connectivity index (χ2v) is 8.11. The zero-order valence-electron chi connectivity index (χ0n) is 10.8. The molecule has 0 aliphatic heterocycles. The van der Waals surface area contributed by atoms with E-state index in [2.05, 4.69) is 36.6 Å². The van der Waals surface area contributed by atoms with Crippen molar-refractivity contribution in [3.63, 3.8) is 0 Å². The van der Waals surface area contributed by atoms with E-state index in [1.54, 1.807) is 30.3 Å². The standard InChI is InChI=1S/C14H12Br2ClNO2S/c15-11-3-6-13(16)14(9-11)21(19,20)18-12-4-1-10(2-5-12)7-8-17/h1-6,9,18H,7-8H2. The number of rotatable bonds is 5. The van der Waals surface area contributed by atoms with Crippen molar-refractivity contribution in [1.82, 2.24) is 0 Å². The molecule has 0 aromatic heterocycles. The Morgan fingerprint density at radius 1 is 1.05 bits per heavy atom. The van der Waals surface area contributed by atoms with Crippen LogP contribution in [0.2, 0.25) is 0 Å². The zero-order chi connectivity index (χ0) is 15.5. The molecular weight excluding hydrogens is 441 g/mol. The first kappa shape index (κ1) is 16.8. The van der Waals surface area contributed by atoms with E-state index in [1.165, 1.54) is 0 Å². The molecule has 0 unspecified atom stereocenters. The first-order valence-electron chi connectivity index (χ1n) is 6.05. The lowest BCUT2D eigenvalue weighted by molar-refractivity contribution is 0.600. The Balaban J connectivity index is 2.26. The molecule has 0 aliphatic carbocycles. The summed E-state index contributed by atoms with van der Waals surface area (Å²) in [5.41, 5.74) is 1.58. The van der Waals surface area contributed by atoms with Crippen LogP contribution in [-0.4, -0.2) is 14.3 Å². The minimum absolute atomic E-state index is 0.182. The smallest absolute Gasteiger partial charge is 0.263 e. The molecule has 112 valence electrons. The van der Waals surface area contributed by atoms with E-state index in [0.29, 0.717) is 20.5 Å². The van der Waals surface area contributed by atoms with Gasteiger partial charge >= 0.3 is 0 Å². The SMILES string of the molecule is O=S(=O)(Nc1ccc(CCCl)cc1)c1cc(Br)ccc1Br. The van der Waals surface area contributed by atoms with Crippen molar-refractivity contribution in [2.75, 3.05) is 10.6 Å². The quantitative estimate of drug-likeness (QED) is 0.662. The topological polar surface area (TPSA) is 46.2 Å². The normalized spacial score (nSPS) is 11.4. The number of benzene rings is 2. The molecule has 0 radical (unpaired) electrons. The van der Waals surface area contributed by atoms with Crippen LogP contribution in [0.5, 0.6) is 0 Å². The van der Waals surface area contributed by atoms with Crippen LogP contribution in [0.4, 0.5) is 5.69 Å². The van der Waals surface area contributed by atoms with Crippen LogP contribution in [0.3, 0.4) is 0 Å². The van der Waals surface area contributed by atoms with Gasteiger partial charge in [0.1, 0.15) is 4.90 Å². The number of halogens is 3. The van der Waals surface area contributed by atoms with Crippen LogP contribution >= 0.6 is 43.5 Å². The first-order chi connectivity index (χ1) is 9.92. The van der Waals surface area contributed by atoms with E-state index in [1.807, 2.05) is 12.1 Å². The Morgan fingerprint density at radius 3 is 2.33 bits per heavy atom. The third-order valence-corrected chi connectivity index (χ3v) is 5.83. The number of nitrogens with one attached hydrogen (secondary N) is 1. The predicted molar refractivity (Wildman–Crippen MR) is 93.5 cm³/mol. The summed E-state index contributed by atoms with van der Waals surface area (Å²) >= 11 is 12.2. The lowest BCUT2D eigenvalue weighted by Gasteiger charge is -2.10. The second kappa shape index (κ2) is 7.13. The van der Waals surface area contributed by atoms with E-state index in [4.69, 9.17) is 11.6 Å². The maximum absolute atomic E-state index is 12.4. The van der Waals surface area contributed by atoms with Crippen LogP contribution in [0.15, 0.2) is 56.3 Å². The summed E-state index contributed by atoms with van der Waals surface area (Å²) in [6.07, 6.45) is 0.756. The Kier molecular flexibility index (Phi) is 5.71. The highest BCUT2D eigenvalue weighted by atomic mass is 79.9. The summed E-state index contributed by atoms with van der Waals surface area (Å²) in [4.78, 5) is 0.182. The molecule has 0 saturated carbocycles. The molecule has 3 nitrogen and oxygen atoms in total. The minimum Gasteiger partial charge on any atom is -0.280 e. The average Bonchev–Trinajstić information content (AvgIpc) is 2.43. The summed E-state index contributed by atoms with van der Waals surface area (Å²) in [7, 11) is -3.64. The molecule has 0 spiro atoms. The van der Waals surface area contributed by atoms with Gasteiger partial charge in [-0.25, -0.2) is 8.42 Å². The van der Waals surface area contributed by atoms with Crippen molar-refractivity contribution in [3.8, 4) is 0 Å². The van der Waals surface area contributed by atoms with Crippen LogP contribution in [0, 0.1) is 0 Å². The zero-order valence-corrected chi connectivity index (χ0v) is 15.6. The van der Waals surface area contributed by atoms with Gasteiger partial charge in [0.2, 0.25) is 0 Å². The Bertz CT molecular complexity index is 733. The minimum atomic E-state index is -3.64. The van der Waals surface area contributed by atoms with E-state index < -0.39 is 10.0 Å². The number of sulfonamides is 1. The largest absolute Gasteiger partial charge is 0.280 e. The van der Waals surface area contributed by atoms with Crippen molar-refractivity contribution in [2.24, 2.45) is 0 Å². The number of aryl methyl sites for hydroxylation is 1. The third-order valence-electron chi connectivity index (χ3n) is 2.77. The van der Waals surface area contributed by atoms with Crippen molar-refractivity contribution < 1.29 is 8.42 Å². The Morgan fingerprint density at radius 2 is 1.71 bits per heavy atom. The molecule has 1 N–H and O–H groups in total. The highest BCUT2D eigenvalue weighted by Gasteiger charge is 2.18. The van der Waals surface area contributed by atoms with Crippen LogP contribution in [-0.2, 0) is 16.4 Å². The monoisotopic (exact) mass is 451 g/mol. The van der Waals surface area contributed by atoms with Crippen molar-refractivity contribution in [3.05, 3.63) is 57.0 Å². The van der Waals surface area contributed by atoms with E-state index >= 15 is 0 Å². The van der Waals surface area contributed by atoms with Crippen molar-refractivity contribution in [1.29, 1.82) is 0 Å². The molecule has 2 rings (SSSR count). The predicted octanol–water partition coefficient (Wildman–Crippen LogP) is 4.79. The van der Waals surface area contributed by atoms with Crippen LogP contribution in [0.1, 0.15) is 5.56 Å². The summed E-state index contributed by atoms with van der Waals surface area (Å²) < 4.78 is 28.6. The summed E-state index contributed by atoms with van der Waals surface area (Å²) in [6.45, 7) is 0. The number of hydrogen-bond donors (Lipinski definition) is 1. The third kappa shape index (κ3) is 4.45. The molecule has 0 heterocycles. The molecule has 2 aromatic carbocycles. The molecule has 0 saturated heterocycles. The fourth-order valence-corrected chi connectivity index (χ4v) is 4.52. The van der Waals surface area contributed by atoms with Crippen LogP contribution in [0.25, 0.3) is 0 Å². The molecule has 0 bridgehead atoms. The van der Waals surface area contributed by atoms with Gasteiger partial charge < -0.3 is 0 Å². The summed E-state index contributed by atoms with van der Waals surface area (Å²) in [5.74, 6) is 0.538. The van der Waals surface area contributed by atoms with Gasteiger partial charge in [-0.05, 0) is 58.2 Å². The van der Waals surface area contributed by atoms with Crippen molar-refractivity contribution in [2.45, 2.75) is 11.3 Å². The van der Waals surface area contributed by atoms with Gasteiger partial charge in [-0.2, -0.15) is 0 Å². The lowest BCUT2D eigenvalue weighted by Crippen LogP contribution is -2.13. The van der Waals surface area contributed by atoms with Crippen LogP contribution < -0.4 is 4.72 Å². The van der Waals surface area contributed by atoms with Gasteiger partial charge in [0.15, 0.2) is 0 Å². The maximum Gasteiger partial charge on any atom is 0.263 e. The average molecular weight is 454 g/mol. The molecule has 0 fully saturated rings. The fourth-order valence-electron chi connectivity index (χ4n) is 1.74. The number of alkyl halides is 1. The first-order valence-corrected chi connectivity index (χ1v) is 9.65. The maximum atomic E-state index is 12.4. The lowest BCUT2D eigenvalue weighted by atomic mass is 10.2. The molecule has 0 aliphatic rings. The Labute approximate surface area is 146 Å². The number of hydrogen-bond acceptors (Lipinski definition) is 2. The van der Waals surface area contributed by atoms with E-state index in [-0.39, 0.29) is 4.90 Å². The summed E-state index contributed by atoms with van der Waals surface area (Å²) in [6, 6.07) is 12.2. The van der Waals surface area contributed by atoms with Gasteiger partial charge in [-0.3, -0.25) is 4.72 Å². The van der Waals surface area contributed by atoms with E-state index in [0.717, 1.165) is 12.0 Å². The molecule has 0 atom stereocenters. The molecular formula is C14H12Br2ClNO2S. The molecule has 7 heteroatoms. The van der Waals surface area contributed by atoms with Gasteiger partial charge in [-0.1, -0.05) is 28.1 Å². The van der Waals surface area contributed by atoms with Gasteiger partial charge in [0.05, 0.1) is 0 Å². The fraction of sp³-hybridized carbons (Fsp3) is 0.143. The Hall–Kier alpha value is -0.560. The molecule has 21 heavy (non-hydrogen) atoms.